The molecule has 0 bridgehead atoms. The van der Waals surface area contributed by atoms with E-state index in [2.05, 4.69) is 26.1 Å². The number of esters is 1. The van der Waals surface area contributed by atoms with Crippen LogP contribution in [0.4, 0.5) is 0 Å². The third-order valence-electron chi connectivity index (χ3n) is 3.35. The molecule has 0 atom stereocenters. The monoisotopic (exact) mass is 291 g/mol. The van der Waals surface area contributed by atoms with Crippen LogP contribution in [0.5, 0.6) is 0 Å². The Morgan fingerprint density at radius 3 is 2.29 bits per heavy atom. The van der Waals surface area contributed by atoms with E-state index < -0.39 is 5.41 Å². The molecule has 0 aliphatic rings. The molecular weight excluding hydrogens is 262 g/mol. The van der Waals surface area contributed by atoms with Gasteiger partial charge in [0, 0.05) is 0 Å². The lowest BCUT2D eigenvalue weighted by Gasteiger charge is -2.24. The van der Waals surface area contributed by atoms with Gasteiger partial charge in [-0.1, -0.05) is 51.1 Å². The van der Waals surface area contributed by atoms with E-state index in [1.54, 1.807) is 0 Å². The lowest BCUT2D eigenvalue weighted by Crippen LogP contribution is -2.33. The van der Waals surface area contributed by atoms with Gasteiger partial charge in [-0.2, -0.15) is 0 Å². The highest BCUT2D eigenvalue weighted by atomic mass is 16.5. The van der Waals surface area contributed by atoms with E-state index >= 15 is 0 Å². The largest absolute Gasteiger partial charge is 0.460 e. The molecule has 0 aliphatic carbocycles. The molecule has 0 radical (unpaired) electrons. The lowest BCUT2D eigenvalue weighted by molar-refractivity contribution is -0.155. The zero-order chi connectivity index (χ0) is 15.9. The van der Waals surface area contributed by atoms with Crippen molar-refractivity contribution in [3.05, 3.63) is 35.9 Å². The summed E-state index contributed by atoms with van der Waals surface area (Å²) in [6.07, 6.45) is 0.775. The van der Waals surface area contributed by atoms with Gasteiger partial charge >= 0.3 is 5.97 Å². The van der Waals surface area contributed by atoms with Gasteiger partial charge in [0.1, 0.15) is 6.61 Å². The average molecular weight is 291 g/mol. The van der Waals surface area contributed by atoms with Gasteiger partial charge in [-0.05, 0) is 44.3 Å². The van der Waals surface area contributed by atoms with Crippen molar-refractivity contribution >= 4 is 5.97 Å². The maximum atomic E-state index is 12.2. The van der Waals surface area contributed by atoms with Crippen LogP contribution >= 0.6 is 0 Å². The minimum absolute atomic E-state index is 0.135. The molecule has 0 aromatic heterocycles. The fourth-order valence-electron chi connectivity index (χ4n) is 1.88. The summed E-state index contributed by atoms with van der Waals surface area (Å²) in [5, 5.41) is 3.40. The number of hydrogen-bond acceptors (Lipinski definition) is 3. The number of ether oxygens (including phenoxy) is 1. The van der Waals surface area contributed by atoms with Crippen molar-refractivity contribution in [3.63, 3.8) is 0 Å². The Morgan fingerprint density at radius 1 is 1.10 bits per heavy atom. The zero-order valence-corrected chi connectivity index (χ0v) is 14.0. The van der Waals surface area contributed by atoms with Gasteiger partial charge in [0.05, 0.1) is 5.41 Å². The van der Waals surface area contributed by atoms with Gasteiger partial charge in [0.15, 0.2) is 0 Å². The summed E-state index contributed by atoms with van der Waals surface area (Å²) in [6.45, 7) is 12.6. The summed E-state index contributed by atoms with van der Waals surface area (Å²) in [6, 6.07) is 9.78. The highest BCUT2D eigenvalue weighted by Crippen LogP contribution is 2.22. The van der Waals surface area contributed by atoms with E-state index in [0.717, 1.165) is 25.1 Å². The first-order valence-electron chi connectivity index (χ1n) is 7.63. The molecule has 1 rings (SSSR count). The number of nitrogens with one attached hydrogen (secondary N) is 1. The van der Waals surface area contributed by atoms with Gasteiger partial charge in [-0.25, -0.2) is 0 Å². The topological polar surface area (TPSA) is 38.3 Å². The molecule has 3 nitrogen and oxygen atoms in total. The molecule has 0 fully saturated rings. The summed E-state index contributed by atoms with van der Waals surface area (Å²) in [5.74, 6) is -0.135. The van der Waals surface area contributed by atoms with Crippen LogP contribution in [0, 0.1) is 10.8 Å². The molecule has 0 spiro atoms. The summed E-state index contributed by atoms with van der Waals surface area (Å²) in [5.41, 5.74) is 0.824. The van der Waals surface area contributed by atoms with Gasteiger partial charge in [-0.3, -0.25) is 4.79 Å². The van der Waals surface area contributed by atoms with Crippen LogP contribution in [0.25, 0.3) is 0 Å². The molecule has 0 saturated heterocycles. The van der Waals surface area contributed by atoms with E-state index in [1.807, 2.05) is 44.2 Å². The second-order valence-corrected chi connectivity index (χ2v) is 7.43. The van der Waals surface area contributed by atoms with Crippen LogP contribution in [-0.4, -0.2) is 19.1 Å². The van der Waals surface area contributed by atoms with E-state index in [4.69, 9.17) is 4.74 Å². The van der Waals surface area contributed by atoms with Crippen molar-refractivity contribution in [2.45, 2.75) is 47.6 Å². The van der Waals surface area contributed by atoms with Crippen molar-refractivity contribution in [2.24, 2.45) is 10.8 Å². The van der Waals surface area contributed by atoms with Crippen molar-refractivity contribution in [2.75, 3.05) is 13.1 Å². The molecule has 0 aliphatic heterocycles. The maximum Gasteiger partial charge on any atom is 0.311 e. The van der Waals surface area contributed by atoms with Gasteiger partial charge < -0.3 is 10.1 Å². The summed E-state index contributed by atoms with van der Waals surface area (Å²) >= 11 is 0. The van der Waals surface area contributed by atoms with Crippen LogP contribution in [0.1, 0.15) is 46.6 Å². The fourth-order valence-corrected chi connectivity index (χ4v) is 1.88. The Hall–Kier alpha value is -1.35. The van der Waals surface area contributed by atoms with Gasteiger partial charge in [-0.15, -0.1) is 0 Å². The smallest absolute Gasteiger partial charge is 0.311 e. The van der Waals surface area contributed by atoms with E-state index in [9.17, 15) is 4.79 Å². The fraction of sp³-hybridized carbons (Fsp3) is 0.611. The minimum atomic E-state index is -0.459. The Bertz CT molecular complexity index is 432. The minimum Gasteiger partial charge on any atom is -0.460 e. The molecule has 21 heavy (non-hydrogen) atoms. The predicted molar refractivity (Wildman–Crippen MR) is 87.0 cm³/mol. The van der Waals surface area contributed by atoms with Crippen molar-refractivity contribution in [1.82, 2.24) is 5.32 Å². The number of rotatable bonds is 7. The average Bonchev–Trinajstić information content (AvgIpc) is 2.41. The van der Waals surface area contributed by atoms with Crippen molar-refractivity contribution < 1.29 is 9.53 Å². The van der Waals surface area contributed by atoms with Crippen LogP contribution in [0.2, 0.25) is 0 Å². The Labute approximate surface area is 129 Å². The van der Waals surface area contributed by atoms with Crippen LogP contribution in [0.3, 0.4) is 0 Å². The maximum absolute atomic E-state index is 12.2. The van der Waals surface area contributed by atoms with Crippen LogP contribution in [-0.2, 0) is 16.1 Å². The first-order chi connectivity index (χ1) is 9.71. The molecule has 1 aromatic rings. The molecular formula is C18H29NO2. The zero-order valence-electron chi connectivity index (χ0n) is 14.0. The highest BCUT2D eigenvalue weighted by Gasteiger charge is 2.29. The quantitative estimate of drug-likeness (QED) is 0.613. The van der Waals surface area contributed by atoms with E-state index in [-0.39, 0.29) is 11.4 Å². The lowest BCUT2D eigenvalue weighted by atomic mass is 9.89. The SMILES string of the molecule is CC(C)(C)CNCCC(C)(C)C(=O)OCc1ccccc1. The number of carbonyl (C=O) groups is 1. The van der Waals surface area contributed by atoms with E-state index in [1.165, 1.54) is 0 Å². The number of carbonyl (C=O) groups excluding carboxylic acids is 1. The third kappa shape index (κ3) is 7.28. The van der Waals surface area contributed by atoms with Gasteiger partial charge in [0.25, 0.3) is 0 Å². The van der Waals surface area contributed by atoms with Crippen molar-refractivity contribution in [3.8, 4) is 0 Å². The first-order valence-corrected chi connectivity index (χ1v) is 7.63. The molecule has 0 unspecified atom stereocenters. The molecule has 1 N–H and O–H groups in total. The second-order valence-electron chi connectivity index (χ2n) is 7.43. The molecule has 3 heteroatoms. The summed E-state index contributed by atoms with van der Waals surface area (Å²) in [7, 11) is 0. The van der Waals surface area contributed by atoms with Crippen LogP contribution in [0.15, 0.2) is 30.3 Å². The second kappa shape index (κ2) is 7.60. The Kier molecular flexibility index (Phi) is 6.41. The molecule has 0 saturated carbocycles. The normalized spacial score (nSPS) is 12.2. The molecule has 0 amide bonds. The van der Waals surface area contributed by atoms with E-state index in [0.29, 0.717) is 6.61 Å². The predicted octanol–water partition coefficient (Wildman–Crippen LogP) is 3.78. The third-order valence-corrected chi connectivity index (χ3v) is 3.35. The standard InChI is InChI=1S/C18H29NO2/c1-17(2,3)14-19-12-11-18(4,5)16(20)21-13-15-9-7-6-8-10-15/h6-10,19H,11-14H2,1-5H3. The molecule has 0 heterocycles. The Balaban J connectivity index is 2.34. The number of benzene rings is 1. The number of hydrogen-bond donors (Lipinski definition) is 1. The first kappa shape index (κ1) is 17.7. The molecule has 1 aromatic carbocycles. The summed E-state index contributed by atoms with van der Waals surface area (Å²) < 4.78 is 5.42. The van der Waals surface area contributed by atoms with Gasteiger partial charge in [0.2, 0.25) is 0 Å². The van der Waals surface area contributed by atoms with Crippen molar-refractivity contribution in [1.29, 1.82) is 0 Å². The van der Waals surface area contributed by atoms with Crippen LogP contribution < -0.4 is 5.32 Å². The Morgan fingerprint density at radius 2 is 1.71 bits per heavy atom. The summed E-state index contributed by atoms with van der Waals surface area (Å²) in [4.78, 5) is 12.2. The molecule has 118 valence electrons. The highest BCUT2D eigenvalue weighted by molar-refractivity contribution is 5.75.